The first-order valence-corrected chi connectivity index (χ1v) is 23.3. The summed E-state index contributed by atoms with van der Waals surface area (Å²) in [5.41, 5.74) is 11.8. The van der Waals surface area contributed by atoms with E-state index in [0.29, 0.717) is 12.2 Å². The van der Waals surface area contributed by atoms with Crippen molar-refractivity contribution in [3.05, 3.63) is 84.0 Å². The summed E-state index contributed by atoms with van der Waals surface area (Å²) >= 11 is 0.941. The lowest BCUT2D eigenvalue weighted by atomic mass is 10.1. The highest BCUT2D eigenvalue weighted by Gasteiger charge is 2.50. The summed E-state index contributed by atoms with van der Waals surface area (Å²) < 4.78 is 60.1. The molecule has 0 bridgehead atoms. The van der Waals surface area contributed by atoms with Gasteiger partial charge in [-0.25, -0.2) is 33.7 Å². The van der Waals surface area contributed by atoms with E-state index in [4.69, 9.17) is 34.7 Å². The van der Waals surface area contributed by atoms with E-state index in [1.54, 1.807) is 0 Å². The SMILES string of the molecule is C=CCCC(=O)NC(CC(=O)SCCc1ccccc1)C(=O)O[C@H]1[C@@H](O)[C@H](n2cnc3c(N)ncnc32)O[C@@H]1COP(=O)(O)O[C@H]1C[C@H](n2ccc(N)nc2=O)O[C@H]1COP(=O)(O)O. The highest BCUT2D eigenvalue weighted by atomic mass is 32.2. The molecule has 4 aromatic rings. The minimum Gasteiger partial charge on any atom is -0.455 e. The van der Waals surface area contributed by atoms with Crippen LogP contribution in [0.1, 0.15) is 43.7 Å². The number of benzene rings is 1. The van der Waals surface area contributed by atoms with Gasteiger partial charge in [0.1, 0.15) is 54.3 Å². The molecule has 0 saturated carbocycles. The number of anilines is 2. The monoisotopic (exact) mass is 953 g/mol. The smallest absolute Gasteiger partial charge is 0.455 e. The molecule has 2 fully saturated rings. The van der Waals surface area contributed by atoms with E-state index in [9.17, 15) is 48.1 Å². The second-order valence-corrected chi connectivity index (χ2v) is 18.0. The number of imidazole rings is 1. The molecule has 5 heterocycles. The molecule has 0 spiro atoms. The van der Waals surface area contributed by atoms with Gasteiger partial charge in [-0.1, -0.05) is 48.2 Å². The molecule has 2 aliphatic heterocycles. The topological polar surface area (TPSA) is 364 Å². The van der Waals surface area contributed by atoms with Crippen molar-refractivity contribution in [3.8, 4) is 0 Å². The molecule has 6 rings (SSSR count). The minimum atomic E-state index is -5.26. The second-order valence-electron chi connectivity index (χ2n) is 14.2. The Hall–Kier alpha value is -4.95. The summed E-state index contributed by atoms with van der Waals surface area (Å²) in [7, 11) is -10.4. The summed E-state index contributed by atoms with van der Waals surface area (Å²) in [5, 5.41) is 13.8. The number of nitrogens with two attached hydrogens (primary N) is 2. The highest BCUT2D eigenvalue weighted by molar-refractivity contribution is 8.13. The summed E-state index contributed by atoms with van der Waals surface area (Å²) in [6.45, 7) is 1.78. The molecule has 1 aromatic carbocycles. The van der Waals surface area contributed by atoms with Crippen molar-refractivity contribution in [1.29, 1.82) is 0 Å². The van der Waals surface area contributed by atoms with Gasteiger partial charge < -0.3 is 50.8 Å². The number of rotatable bonds is 21. The number of aliphatic hydroxyl groups excluding tert-OH is 1. The molecule has 2 aliphatic rings. The van der Waals surface area contributed by atoms with Crippen LogP contribution in [0.25, 0.3) is 11.2 Å². The number of esters is 1. The number of fused-ring (bicyclic) bond motifs is 1. The molecule has 0 radical (unpaired) electrons. The average Bonchev–Trinajstić information content (AvgIpc) is 3.93. The van der Waals surface area contributed by atoms with Crippen molar-refractivity contribution in [2.24, 2.45) is 0 Å². The number of nitrogens with zero attached hydrogens (tertiary/aromatic N) is 6. The molecular weight excluding hydrogens is 908 g/mol. The molecule has 9 atom stereocenters. The maximum Gasteiger partial charge on any atom is 0.472 e. The Labute approximate surface area is 367 Å². The molecular formula is C36H45N9O16P2S. The lowest BCUT2D eigenvalue weighted by Gasteiger charge is -2.25. The van der Waals surface area contributed by atoms with Crippen LogP contribution in [0.4, 0.5) is 11.6 Å². The Morgan fingerprint density at radius 2 is 1.78 bits per heavy atom. The maximum absolute atomic E-state index is 13.9. The first-order valence-electron chi connectivity index (χ1n) is 19.3. The predicted molar refractivity (Wildman–Crippen MR) is 223 cm³/mol. The Morgan fingerprint density at radius 1 is 1.03 bits per heavy atom. The number of ether oxygens (including phenoxy) is 3. The quantitative estimate of drug-likeness (QED) is 0.0343. The number of aromatic nitrogens is 6. The Bertz CT molecular complexity index is 2460. The van der Waals surface area contributed by atoms with Gasteiger partial charge in [0.05, 0.1) is 19.5 Å². The lowest BCUT2D eigenvalue weighted by molar-refractivity contribution is -0.160. The molecule has 25 nitrogen and oxygen atoms in total. The van der Waals surface area contributed by atoms with E-state index in [-0.39, 0.29) is 42.1 Å². The number of allylic oxidation sites excluding steroid dienone is 1. The van der Waals surface area contributed by atoms with Crippen LogP contribution in [0.2, 0.25) is 0 Å². The van der Waals surface area contributed by atoms with Gasteiger partial charge in [0, 0.05) is 31.2 Å². The van der Waals surface area contributed by atoms with Crippen LogP contribution in [0.3, 0.4) is 0 Å². The fraction of sp³-hybridized carbons (Fsp3) is 0.444. The largest absolute Gasteiger partial charge is 0.472 e. The number of aliphatic hydroxyl groups is 1. The second kappa shape index (κ2) is 21.4. The molecule has 28 heteroatoms. The molecule has 0 aliphatic carbocycles. The third-order valence-corrected chi connectivity index (χ3v) is 12.1. The van der Waals surface area contributed by atoms with Crippen molar-refractivity contribution in [1.82, 2.24) is 34.4 Å². The highest BCUT2D eigenvalue weighted by Crippen LogP contribution is 2.50. The molecule has 9 N–H and O–H groups in total. The van der Waals surface area contributed by atoms with Gasteiger partial charge in [0.2, 0.25) is 5.91 Å². The zero-order chi connectivity index (χ0) is 46.2. The number of hydrogen-bond donors (Lipinski definition) is 7. The number of phosphoric acid groups is 2. The summed E-state index contributed by atoms with van der Waals surface area (Å²) in [6, 6.07) is 9.08. The van der Waals surface area contributed by atoms with E-state index in [1.807, 2.05) is 30.3 Å². The summed E-state index contributed by atoms with van der Waals surface area (Å²) in [4.78, 5) is 97.9. The van der Waals surface area contributed by atoms with Crippen LogP contribution >= 0.6 is 27.4 Å². The Kier molecular flexibility index (Phi) is 16.2. The fourth-order valence-electron chi connectivity index (χ4n) is 6.66. The van der Waals surface area contributed by atoms with Crippen LogP contribution in [-0.4, -0.2) is 121 Å². The normalized spacial score (nSPS) is 23.7. The number of carbonyl (C=O) groups is 3. The van der Waals surface area contributed by atoms with Crippen molar-refractivity contribution in [3.63, 3.8) is 0 Å². The van der Waals surface area contributed by atoms with Gasteiger partial charge in [-0.05, 0) is 24.5 Å². The zero-order valence-electron chi connectivity index (χ0n) is 33.6. The van der Waals surface area contributed by atoms with Crippen molar-refractivity contribution < 1.29 is 71.1 Å². The maximum atomic E-state index is 13.9. The van der Waals surface area contributed by atoms with Crippen LogP contribution in [0.5, 0.6) is 0 Å². The zero-order valence-corrected chi connectivity index (χ0v) is 36.2. The van der Waals surface area contributed by atoms with Crippen LogP contribution in [0, 0.1) is 0 Å². The van der Waals surface area contributed by atoms with E-state index in [2.05, 4.69) is 36.4 Å². The van der Waals surface area contributed by atoms with Gasteiger partial charge in [-0.15, -0.1) is 6.58 Å². The third kappa shape index (κ3) is 12.9. The number of carbonyl (C=O) groups excluding carboxylic acids is 3. The average molecular weight is 954 g/mol. The summed E-state index contributed by atoms with van der Waals surface area (Å²) in [5.74, 6) is -1.53. The number of hydrogen-bond acceptors (Lipinski definition) is 20. The number of amides is 1. The molecule has 2 unspecified atom stereocenters. The molecule has 346 valence electrons. The number of phosphoric ester groups is 2. The minimum absolute atomic E-state index is 0.0148. The molecule has 64 heavy (non-hydrogen) atoms. The Balaban J connectivity index is 1.21. The van der Waals surface area contributed by atoms with E-state index in [0.717, 1.165) is 28.2 Å². The van der Waals surface area contributed by atoms with Gasteiger partial charge in [-0.2, -0.15) is 4.98 Å². The standard InChI is InChI=1S/C36H45N9O16P2S/c1-2-3-9-26(46)42-21(14-28(47)64-13-11-20-7-5-4-6-8-20)35(49)60-31-24(59-34(30(31)48)45-19-41-29-32(38)39-18-40-33(29)45)17-57-63(54,55)61-22-15-27(44-12-10-25(37)43-36(44)50)58-23(22)16-56-62(51,52)53/h2,4-8,10,12,18-19,21-24,27,30-31,34,48H,1,3,9,11,13-17H2,(H,42,46)(H,54,55)(H2,37,43,50)(H2,38,39,40)(H2,51,52,53)/t21?,22-,23-,24+,27+,30+,31+,34+/m0/s1. The first kappa shape index (κ1) is 48.5. The van der Waals surface area contributed by atoms with Crippen LogP contribution in [-0.2, 0) is 57.7 Å². The van der Waals surface area contributed by atoms with Gasteiger partial charge in [0.15, 0.2) is 28.9 Å². The molecule has 3 aromatic heterocycles. The Morgan fingerprint density at radius 3 is 2.50 bits per heavy atom. The van der Waals surface area contributed by atoms with Crippen molar-refractivity contribution >= 4 is 67.2 Å². The first-order chi connectivity index (χ1) is 30.4. The van der Waals surface area contributed by atoms with Crippen molar-refractivity contribution in [2.45, 2.75) is 81.1 Å². The fourth-order valence-corrected chi connectivity index (χ4v) is 8.82. The van der Waals surface area contributed by atoms with E-state index < -0.39 is 107 Å². The van der Waals surface area contributed by atoms with Gasteiger partial charge in [0.25, 0.3) is 0 Å². The van der Waals surface area contributed by atoms with E-state index >= 15 is 0 Å². The van der Waals surface area contributed by atoms with Crippen LogP contribution in [0.15, 0.2) is 72.7 Å². The number of thioether (sulfide) groups is 1. The van der Waals surface area contributed by atoms with Crippen molar-refractivity contribution in [2.75, 3.05) is 30.4 Å². The lowest BCUT2D eigenvalue weighted by Crippen LogP contribution is -2.47. The number of nitrogen functional groups attached to an aromatic ring is 2. The third-order valence-electron chi connectivity index (χ3n) is 9.71. The summed E-state index contributed by atoms with van der Waals surface area (Å²) in [6.07, 6.45) is -5.90. The van der Waals surface area contributed by atoms with E-state index in [1.165, 1.54) is 29.2 Å². The molecule has 1 amide bonds. The number of aryl methyl sites for hydroxylation is 1. The predicted octanol–water partition coefficient (Wildman–Crippen LogP) is 0.660. The van der Waals surface area contributed by atoms with Crippen LogP contribution < -0.4 is 22.5 Å². The number of nitrogens with one attached hydrogen (secondary N) is 1. The van der Waals surface area contributed by atoms with Gasteiger partial charge in [-0.3, -0.25) is 32.3 Å². The molecule has 2 saturated heterocycles. The van der Waals surface area contributed by atoms with Gasteiger partial charge >= 0.3 is 27.3 Å².